The molecule has 0 saturated heterocycles. The first-order chi connectivity index (χ1) is 7.07. The van der Waals surface area contributed by atoms with Gasteiger partial charge in [0.2, 0.25) is 0 Å². The van der Waals surface area contributed by atoms with Gasteiger partial charge in [-0.15, -0.1) is 0 Å². The van der Waals surface area contributed by atoms with Gasteiger partial charge in [-0.1, -0.05) is 0 Å². The van der Waals surface area contributed by atoms with Crippen LogP contribution in [0.25, 0.3) is 0 Å². The maximum atomic E-state index is 2.47. The number of allylic oxidation sites excluding steroid dienone is 8. The fourth-order valence-electron chi connectivity index (χ4n) is 2.06. The van der Waals surface area contributed by atoms with Crippen molar-refractivity contribution in [3.8, 4) is 0 Å². The molecule has 2 rings (SSSR count). The van der Waals surface area contributed by atoms with E-state index in [1.165, 1.54) is 12.8 Å². The quantitative estimate of drug-likeness (QED) is 0.690. The predicted molar refractivity (Wildman–Crippen MR) is 66.0 cm³/mol. The zero-order valence-corrected chi connectivity index (χ0v) is 13.3. The molecule has 2 aliphatic carbocycles. The van der Waals surface area contributed by atoms with E-state index in [1.807, 2.05) is 3.28 Å². The van der Waals surface area contributed by atoms with E-state index in [1.54, 1.807) is 8.48 Å². The molecule has 0 aromatic rings. The third-order valence-electron chi connectivity index (χ3n) is 2.82. The molecule has 0 aliphatic heterocycles. The summed E-state index contributed by atoms with van der Waals surface area (Å²) in [4.78, 5) is 0. The van der Waals surface area contributed by atoms with E-state index in [9.17, 15) is 0 Å². The molecule has 0 saturated carbocycles. The molecule has 0 unspecified atom stereocenters. The third kappa shape index (κ3) is 2.79. The number of rotatable bonds is 3. The van der Waals surface area contributed by atoms with Gasteiger partial charge in [0.1, 0.15) is 0 Å². The molecule has 0 spiro atoms. The van der Waals surface area contributed by atoms with Crippen LogP contribution in [0.1, 0.15) is 12.8 Å². The summed E-state index contributed by atoms with van der Waals surface area (Å²) in [6.45, 7) is 7.41. The molecule has 0 aromatic heterocycles. The summed E-state index contributed by atoms with van der Waals surface area (Å²) in [7, 11) is -1.07. The molecule has 0 heterocycles. The van der Waals surface area contributed by atoms with Crippen LogP contribution < -0.4 is 0 Å². The van der Waals surface area contributed by atoms with Crippen LogP contribution in [0.4, 0.5) is 0 Å². The van der Waals surface area contributed by atoms with Gasteiger partial charge in [-0.2, -0.15) is 0 Å². The van der Waals surface area contributed by atoms with Crippen molar-refractivity contribution < 1.29 is 23.2 Å². The zero-order chi connectivity index (χ0) is 10.9. The summed E-state index contributed by atoms with van der Waals surface area (Å²) in [6, 6.07) is 0. The van der Waals surface area contributed by atoms with Crippen molar-refractivity contribution in [2.75, 3.05) is 0 Å². The van der Waals surface area contributed by atoms with Crippen LogP contribution in [0.2, 0.25) is 19.6 Å². The van der Waals surface area contributed by atoms with E-state index in [0.717, 1.165) is 0 Å². The van der Waals surface area contributed by atoms with Crippen molar-refractivity contribution >= 4 is 8.07 Å². The molecule has 78 valence electrons. The Kier molecular flexibility index (Phi) is 3.47. The average Bonchev–Trinajstić information content (AvgIpc) is 2.73. The SMILES string of the molecule is C[Si](C)(C)C1=[C]([Zr][C]2=CC=CC2)CC=C1. The first-order valence-corrected chi connectivity index (χ1v) is 11.6. The minimum atomic E-state index is -1.07. The molecule has 0 N–H and O–H groups in total. The van der Waals surface area contributed by atoms with Crippen molar-refractivity contribution in [1.29, 1.82) is 0 Å². The molecule has 0 aromatic carbocycles. The van der Waals surface area contributed by atoms with Gasteiger partial charge in [-0.05, 0) is 0 Å². The van der Waals surface area contributed by atoms with E-state index < -0.39 is 31.3 Å². The van der Waals surface area contributed by atoms with Crippen LogP contribution in [0, 0.1) is 0 Å². The van der Waals surface area contributed by atoms with Gasteiger partial charge in [0.15, 0.2) is 0 Å². The molecule has 0 fully saturated rings. The van der Waals surface area contributed by atoms with Crippen LogP contribution >= 0.6 is 0 Å². The molecule has 0 radical (unpaired) electrons. The summed E-state index contributed by atoms with van der Waals surface area (Å²) in [6.07, 6.45) is 14.2. The fraction of sp³-hybridized carbons (Fsp3) is 0.385. The molecule has 0 nitrogen and oxygen atoms in total. The van der Waals surface area contributed by atoms with Crippen LogP contribution in [0.15, 0.2) is 42.1 Å². The monoisotopic (exact) mass is 292 g/mol. The van der Waals surface area contributed by atoms with Crippen molar-refractivity contribution in [3.63, 3.8) is 0 Å². The van der Waals surface area contributed by atoms with E-state index >= 15 is 0 Å². The first-order valence-electron chi connectivity index (χ1n) is 5.60. The Morgan fingerprint density at radius 1 is 1.13 bits per heavy atom. The van der Waals surface area contributed by atoms with Gasteiger partial charge in [0, 0.05) is 0 Å². The Hall–Kier alpha value is 0.0600. The van der Waals surface area contributed by atoms with Gasteiger partial charge < -0.3 is 0 Å². The normalized spacial score (nSPS) is 20.1. The second kappa shape index (κ2) is 4.51. The van der Waals surface area contributed by atoms with Gasteiger partial charge in [0.25, 0.3) is 0 Å². The Morgan fingerprint density at radius 2 is 1.93 bits per heavy atom. The average molecular weight is 294 g/mol. The Morgan fingerprint density at radius 3 is 2.53 bits per heavy atom. The Balaban J connectivity index is 2.14. The summed E-state index contributed by atoms with van der Waals surface area (Å²) in [5, 5.41) is 1.77. The molecular weight excluding hydrogens is 275 g/mol. The summed E-state index contributed by atoms with van der Waals surface area (Å²) in [5.41, 5.74) is 0. The Bertz CT molecular complexity index is 378. The van der Waals surface area contributed by atoms with Crippen molar-refractivity contribution in [3.05, 3.63) is 42.1 Å². The van der Waals surface area contributed by atoms with Crippen LogP contribution in [0.3, 0.4) is 0 Å². The standard InChI is InChI=1S/C8H13Si.C5H5.Zr/c1-9(2,3)8-6-4-5-7-8;1-2-4-5-3-1;/h4,6H,5H2,1-3H3;1-3H,4H2;. The number of hydrogen-bond donors (Lipinski definition) is 0. The van der Waals surface area contributed by atoms with Crippen LogP contribution in [-0.4, -0.2) is 8.07 Å². The topological polar surface area (TPSA) is 0 Å². The van der Waals surface area contributed by atoms with Gasteiger partial charge in [-0.25, -0.2) is 0 Å². The van der Waals surface area contributed by atoms with Crippen molar-refractivity contribution in [1.82, 2.24) is 0 Å². The van der Waals surface area contributed by atoms with E-state index in [2.05, 4.69) is 50.0 Å². The Labute approximate surface area is 105 Å². The van der Waals surface area contributed by atoms with Gasteiger partial charge >= 0.3 is 106 Å². The minimum absolute atomic E-state index is 0.408. The molecule has 2 aliphatic rings. The molecule has 2 heteroatoms. The zero-order valence-electron chi connectivity index (χ0n) is 9.80. The summed E-state index contributed by atoms with van der Waals surface area (Å²) >= 11 is -0.408. The van der Waals surface area contributed by atoms with Gasteiger partial charge in [-0.3, -0.25) is 0 Å². The van der Waals surface area contributed by atoms with Crippen LogP contribution in [-0.2, 0) is 23.2 Å². The third-order valence-corrected chi connectivity index (χ3v) is 9.13. The van der Waals surface area contributed by atoms with E-state index in [0.29, 0.717) is 0 Å². The molecule has 0 amide bonds. The van der Waals surface area contributed by atoms with Gasteiger partial charge in [0.05, 0.1) is 0 Å². The number of hydrogen-bond acceptors (Lipinski definition) is 0. The van der Waals surface area contributed by atoms with E-state index in [4.69, 9.17) is 0 Å². The van der Waals surface area contributed by atoms with Crippen LogP contribution in [0.5, 0.6) is 0 Å². The second-order valence-electron chi connectivity index (χ2n) is 5.20. The molecular formula is C13H18SiZr. The first kappa shape index (κ1) is 11.5. The van der Waals surface area contributed by atoms with Crippen molar-refractivity contribution in [2.24, 2.45) is 0 Å². The molecule has 15 heavy (non-hydrogen) atoms. The van der Waals surface area contributed by atoms with E-state index in [-0.39, 0.29) is 0 Å². The summed E-state index contributed by atoms with van der Waals surface area (Å²) in [5.74, 6) is 0. The predicted octanol–water partition coefficient (Wildman–Crippen LogP) is 4.00. The van der Waals surface area contributed by atoms with Crippen molar-refractivity contribution in [2.45, 2.75) is 32.5 Å². The summed E-state index contributed by atoms with van der Waals surface area (Å²) < 4.78 is 3.61. The molecule has 0 atom stereocenters. The second-order valence-corrected chi connectivity index (χ2v) is 13.9. The maximum absolute atomic E-state index is 2.47. The molecule has 0 bridgehead atoms. The fourth-order valence-corrected chi connectivity index (χ4v) is 9.83.